The molecule has 1 aliphatic heterocycles. The average molecular weight is 297 g/mol. The molecule has 1 aliphatic rings. The largest absolute Gasteiger partial charge is 0.330 e. The molecule has 1 atom stereocenters. The zero-order valence-electron chi connectivity index (χ0n) is 12.1. The van der Waals surface area contributed by atoms with Gasteiger partial charge in [-0.2, -0.15) is 12.7 Å². The van der Waals surface area contributed by atoms with Gasteiger partial charge >= 0.3 is 10.2 Å². The predicted octanol–water partition coefficient (Wildman–Crippen LogP) is 1.63. The lowest BCUT2D eigenvalue weighted by molar-refractivity contribution is 0.273. The number of nitrogens with two attached hydrogens (primary N) is 1. The second-order valence-corrected chi connectivity index (χ2v) is 7.20. The number of hydrogen-bond acceptors (Lipinski definition) is 3. The highest BCUT2D eigenvalue weighted by Crippen LogP contribution is 2.22. The molecule has 1 heterocycles. The third-order valence-corrected chi connectivity index (χ3v) is 5.28. The van der Waals surface area contributed by atoms with Crippen molar-refractivity contribution in [3.63, 3.8) is 0 Å². The molecule has 1 unspecified atom stereocenters. The zero-order chi connectivity index (χ0) is 14.8. The standard InChI is InChI=1S/C14H23N3O2S/c1-11-5-6-12(2)14(8-11)16-20(18,19)17-7-3-4-13(9-15)10-17/h5-6,8,13,16H,3-4,7,9-10,15H2,1-2H3. The Labute approximate surface area is 121 Å². The Bertz CT molecular complexity index is 572. The van der Waals surface area contributed by atoms with Gasteiger partial charge in [0.25, 0.3) is 0 Å². The van der Waals surface area contributed by atoms with E-state index in [1.165, 1.54) is 4.31 Å². The molecule has 5 nitrogen and oxygen atoms in total. The van der Waals surface area contributed by atoms with Crippen molar-refractivity contribution in [1.82, 2.24) is 4.31 Å². The molecule has 0 saturated carbocycles. The molecule has 0 aromatic heterocycles. The van der Waals surface area contributed by atoms with Crippen molar-refractivity contribution in [3.05, 3.63) is 29.3 Å². The number of rotatable bonds is 4. The summed E-state index contributed by atoms with van der Waals surface area (Å²) in [6.45, 7) is 5.46. The van der Waals surface area contributed by atoms with Gasteiger partial charge in [-0.25, -0.2) is 0 Å². The molecule has 1 aromatic rings. The molecule has 0 bridgehead atoms. The Hall–Kier alpha value is -1.11. The van der Waals surface area contributed by atoms with Crippen LogP contribution in [-0.2, 0) is 10.2 Å². The first-order valence-corrected chi connectivity index (χ1v) is 8.41. The molecule has 3 N–H and O–H groups in total. The van der Waals surface area contributed by atoms with Crippen molar-refractivity contribution in [2.24, 2.45) is 11.7 Å². The molecule has 2 rings (SSSR count). The molecular formula is C14H23N3O2S. The minimum absolute atomic E-state index is 0.263. The number of nitrogens with zero attached hydrogens (tertiary/aromatic N) is 1. The third-order valence-electron chi connectivity index (χ3n) is 3.79. The molecule has 6 heteroatoms. The van der Waals surface area contributed by atoms with E-state index in [0.29, 0.717) is 25.3 Å². The van der Waals surface area contributed by atoms with Crippen LogP contribution in [0.1, 0.15) is 24.0 Å². The van der Waals surface area contributed by atoms with Crippen molar-refractivity contribution < 1.29 is 8.42 Å². The molecule has 0 radical (unpaired) electrons. The predicted molar refractivity (Wildman–Crippen MR) is 81.8 cm³/mol. The maximum absolute atomic E-state index is 12.5. The lowest BCUT2D eigenvalue weighted by Crippen LogP contribution is -2.44. The number of piperidine rings is 1. The lowest BCUT2D eigenvalue weighted by atomic mass is 10.0. The topological polar surface area (TPSA) is 75.4 Å². The summed E-state index contributed by atoms with van der Waals surface area (Å²) in [6, 6.07) is 5.75. The van der Waals surface area contributed by atoms with E-state index in [9.17, 15) is 8.42 Å². The summed E-state index contributed by atoms with van der Waals surface area (Å²) >= 11 is 0. The van der Waals surface area contributed by atoms with Crippen molar-refractivity contribution >= 4 is 15.9 Å². The maximum atomic E-state index is 12.5. The molecule has 0 spiro atoms. The molecule has 112 valence electrons. The number of benzene rings is 1. The lowest BCUT2D eigenvalue weighted by Gasteiger charge is -2.31. The normalized spacial score (nSPS) is 20.9. The quantitative estimate of drug-likeness (QED) is 0.887. The van der Waals surface area contributed by atoms with E-state index in [1.807, 2.05) is 32.0 Å². The number of hydrogen-bond donors (Lipinski definition) is 2. The summed E-state index contributed by atoms with van der Waals surface area (Å²) in [5.41, 5.74) is 8.27. The van der Waals surface area contributed by atoms with Crippen LogP contribution in [0.25, 0.3) is 0 Å². The van der Waals surface area contributed by atoms with E-state index in [4.69, 9.17) is 5.73 Å². The summed E-state index contributed by atoms with van der Waals surface area (Å²) < 4.78 is 29.1. The second-order valence-electron chi connectivity index (χ2n) is 5.53. The van der Waals surface area contributed by atoms with Crippen molar-refractivity contribution in [1.29, 1.82) is 0 Å². The first-order valence-electron chi connectivity index (χ1n) is 6.97. The van der Waals surface area contributed by atoms with Gasteiger partial charge in [0.05, 0.1) is 5.69 Å². The zero-order valence-corrected chi connectivity index (χ0v) is 12.9. The summed E-state index contributed by atoms with van der Waals surface area (Å²) in [4.78, 5) is 0. The van der Waals surface area contributed by atoms with Crippen LogP contribution in [0.3, 0.4) is 0 Å². The Morgan fingerprint density at radius 1 is 1.40 bits per heavy atom. The Kier molecular flexibility index (Phi) is 4.67. The SMILES string of the molecule is Cc1ccc(C)c(NS(=O)(=O)N2CCCC(CN)C2)c1. The minimum Gasteiger partial charge on any atom is -0.330 e. The van der Waals surface area contributed by atoms with Crippen LogP contribution in [0.15, 0.2) is 18.2 Å². The van der Waals surface area contributed by atoms with Crippen molar-refractivity contribution in [2.45, 2.75) is 26.7 Å². The molecule has 20 heavy (non-hydrogen) atoms. The minimum atomic E-state index is -3.49. The van der Waals surface area contributed by atoms with Crippen LogP contribution < -0.4 is 10.5 Å². The smallest absolute Gasteiger partial charge is 0.301 e. The summed E-state index contributed by atoms with van der Waals surface area (Å²) in [7, 11) is -3.49. The van der Waals surface area contributed by atoms with Gasteiger partial charge in [0.2, 0.25) is 0 Å². The molecule has 0 aliphatic carbocycles. The molecular weight excluding hydrogens is 274 g/mol. The fourth-order valence-corrected chi connectivity index (χ4v) is 3.89. The van der Waals surface area contributed by atoms with Crippen molar-refractivity contribution in [2.75, 3.05) is 24.4 Å². The third kappa shape index (κ3) is 3.50. The molecule has 1 fully saturated rings. The summed E-state index contributed by atoms with van der Waals surface area (Å²) in [6.07, 6.45) is 1.88. The number of nitrogens with one attached hydrogen (secondary N) is 1. The van der Waals surface area contributed by atoms with E-state index in [2.05, 4.69) is 4.72 Å². The number of aryl methyl sites for hydroxylation is 2. The molecule has 1 saturated heterocycles. The molecule has 0 amide bonds. The van der Waals surface area contributed by atoms with E-state index < -0.39 is 10.2 Å². The maximum Gasteiger partial charge on any atom is 0.301 e. The van der Waals surface area contributed by atoms with E-state index in [1.54, 1.807) is 0 Å². The van der Waals surface area contributed by atoms with Gasteiger partial charge in [0.1, 0.15) is 0 Å². The van der Waals surface area contributed by atoms with Gasteiger partial charge in [0.15, 0.2) is 0 Å². The average Bonchev–Trinajstić information content (AvgIpc) is 2.43. The Morgan fingerprint density at radius 2 is 2.15 bits per heavy atom. The van der Waals surface area contributed by atoms with E-state index in [0.717, 1.165) is 24.0 Å². The fourth-order valence-electron chi connectivity index (χ4n) is 2.49. The van der Waals surface area contributed by atoms with Crippen LogP contribution in [0.2, 0.25) is 0 Å². The van der Waals surface area contributed by atoms with Crippen molar-refractivity contribution in [3.8, 4) is 0 Å². The Balaban J connectivity index is 2.16. The van der Waals surface area contributed by atoms with Gasteiger partial charge in [0, 0.05) is 13.1 Å². The van der Waals surface area contributed by atoms with E-state index >= 15 is 0 Å². The van der Waals surface area contributed by atoms with E-state index in [-0.39, 0.29) is 5.92 Å². The highest BCUT2D eigenvalue weighted by atomic mass is 32.2. The summed E-state index contributed by atoms with van der Waals surface area (Å²) in [5, 5.41) is 0. The van der Waals surface area contributed by atoms with Crippen LogP contribution in [0.5, 0.6) is 0 Å². The fraction of sp³-hybridized carbons (Fsp3) is 0.571. The van der Waals surface area contributed by atoms with Gasteiger partial charge in [-0.1, -0.05) is 12.1 Å². The van der Waals surface area contributed by atoms with Gasteiger partial charge in [-0.05, 0) is 56.3 Å². The van der Waals surface area contributed by atoms with Crippen LogP contribution in [0, 0.1) is 19.8 Å². The Morgan fingerprint density at radius 3 is 2.85 bits per heavy atom. The highest BCUT2D eigenvalue weighted by molar-refractivity contribution is 7.90. The van der Waals surface area contributed by atoms with Gasteiger partial charge in [-0.3, -0.25) is 4.72 Å². The van der Waals surface area contributed by atoms with Gasteiger partial charge in [-0.15, -0.1) is 0 Å². The first kappa shape index (κ1) is 15.3. The number of anilines is 1. The summed E-state index contributed by atoms with van der Waals surface area (Å²) in [5.74, 6) is 0.263. The first-order chi connectivity index (χ1) is 9.42. The van der Waals surface area contributed by atoms with Gasteiger partial charge < -0.3 is 5.73 Å². The van der Waals surface area contributed by atoms with Crippen LogP contribution in [-0.4, -0.2) is 32.4 Å². The monoisotopic (exact) mass is 297 g/mol. The highest BCUT2D eigenvalue weighted by Gasteiger charge is 2.28. The van der Waals surface area contributed by atoms with Crippen LogP contribution in [0.4, 0.5) is 5.69 Å². The molecule has 1 aromatic carbocycles. The second kappa shape index (κ2) is 6.11. The van der Waals surface area contributed by atoms with Crippen LogP contribution >= 0.6 is 0 Å².